The number of pyridine rings is 1. The third-order valence-corrected chi connectivity index (χ3v) is 5.94. The SMILES string of the molecule is Cc1nn(C)c2ncc(NC(=O)[C@H](C)NS(=O)(=O)c3ccccc3C(F)(F)F)cc12. The normalized spacial score (nSPS) is 13.4. The first-order chi connectivity index (χ1) is 13.9. The van der Waals surface area contributed by atoms with Crippen molar-refractivity contribution < 1.29 is 26.4 Å². The molecule has 2 heterocycles. The molecule has 0 saturated heterocycles. The summed E-state index contributed by atoms with van der Waals surface area (Å²) in [6.07, 6.45) is -3.49. The number of hydrogen-bond donors (Lipinski definition) is 2. The van der Waals surface area contributed by atoms with Crippen LogP contribution in [0.3, 0.4) is 0 Å². The molecule has 8 nitrogen and oxygen atoms in total. The Morgan fingerprint density at radius 1 is 1.23 bits per heavy atom. The number of nitrogens with zero attached hydrogens (tertiary/aromatic N) is 3. The molecule has 0 unspecified atom stereocenters. The molecule has 1 amide bonds. The highest BCUT2D eigenvalue weighted by molar-refractivity contribution is 7.89. The van der Waals surface area contributed by atoms with E-state index in [1.807, 2.05) is 4.72 Å². The molecular weight excluding hydrogens is 423 g/mol. The number of alkyl halides is 3. The van der Waals surface area contributed by atoms with Crippen molar-refractivity contribution in [3.63, 3.8) is 0 Å². The number of nitrogens with one attached hydrogen (secondary N) is 2. The first kappa shape index (κ1) is 21.7. The van der Waals surface area contributed by atoms with Crippen molar-refractivity contribution in [2.24, 2.45) is 7.05 Å². The molecule has 0 radical (unpaired) electrons. The van der Waals surface area contributed by atoms with Crippen molar-refractivity contribution in [3.8, 4) is 0 Å². The lowest BCUT2D eigenvalue weighted by Gasteiger charge is -2.17. The van der Waals surface area contributed by atoms with E-state index in [-0.39, 0.29) is 0 Å². The Morgan fingerprint density at radius 2 is 1.90 bits per heavy atom. The average Bonchev–Trinajstić information content (AvgIpc) is 2.94. The fraction of sp³-hybridized carbons (Fsp3) is 0.278. The molecule has 0 fully saturated rings. The Morgan fingerprint density at radius 3 is 2.57 bits per heavy atom. The predicted octanol–water partition coefficient (Wildman–Crippen LogP) is 2.60. The van der Waals surface area contributed by atoms with E-state index in [9.17, 15) is 26.4 Å². The van der Waals surface area contributed by atoms with Gasteiger partial charge in [0.2, 0.25) is 15.9 Å². The van der Waals surface area contributed by atoms with Gasteiger partial charge in [0.05, 0.1) is 34.1 Å². The third-order valence-electron chi connectivity index (χ3n) is 4.34. The highest BCUT2D eigenvalue weighted by atomic mass is 32.2. The number of amides is 1. The van der Waals surface area contributed by atoms with Crippen molar-refractivity contribution in [3.05, 3.63) is 47.8 Å². The van der Waals surface area contributed by atoms with Crippen LogP contribution in [0.2, 0.25) is 0 Å². The van der Waals surface area contributed by atoms with Crippen LogP contribution in [-0.4, -0.2) is 35.1 Å². The van der Waals surface area contributed by atoms with Crippen molar-refractivity contribution >= 4 is 32.7 Å². The van der Waals surface area contributed by atoms with Gasteiger partial charge in [-0.25, -0.2) is 13.4 Å². The second-order valence-electron chi connectivity index (χ2n) is 6.63. The molecule has 3 aromatic rings. The van der Waals surface area contributed by atoms with Gasteiger partial charge in [-0.15, -0.1) is 0 Å². The molecule has 1 atom stereocenters. The largest absolute Gasteiger partial charge is 0.417 e. The van der Waals surface area contributed by atoms with Crippen LogP contribution in [0.15, 0.2) is 41.4 Å². The summed E-state index contributed by atoms with van der Waals surface area (Å²) in [6.45, 7) is 2.99. The van der Waals surface area contributed by atoms with Crippen LogP contribution in [0.4, 0.5) is 18.9 Å². The number of sulfonamides is 1. The molecule has 160 valence electrons. The van der Waals surface area contributed by atoms with Gasteiger partial charge < -0.3 is 5.32 Å². The summed E-state index contributed by atoms with van der Waals surface area (Å²) in [5, 5.41) is 7.41. The van der Waals surface area contributed by atoms with E-state index in [1.165, 1.54) is 19.2 Å². The van der Waals surface area contributed by atoms with Gasteiger partial charge in [-0.3, -0.25) is 9.48 Å². The van der Waals surface area contributed by atoms with Crippen LogP contribution in [0.25, 0.3) is 11.0 Å². The summed E-state index contributed by atoms with van der Waals surface area (Å²) in [6, 6.07) is 4.03. The molecule has 2 N–H and O–H groups in total. The van der Waals surface area contributed by atoms with Gasteiger partial charge in [-0.2, -0.15) is 23.0 Å². The van der Waals surface area contributed by atoms with Gasteiger partial charge in [-0.1, -0.05) is 12.1 Å². The Labute approximate surface area is 170 Å². The van der Waals surface area contributed by atoms with Crippen LogP contribution in [0, 0.1) is 6.92 Å². The minimum atomic E-state index is -4.86. The number of hydrogen-bond acceptors (Lipinski definition) is 5. The monoisotopic (exact) mass is 441 g/mol. The fourth-order valence-electron chi connectivity index (χ4n) is 2.91. The lowest BCUT2D eigenvalue weighted by atomic mass is 10.2. The van der Waals surface area contributed by atoms with E-state index in [0.29, 0.717) is 28.5 Å². The zero-order valence-electron chi connectivity index (χ0n) is 16.1. The molecule has 3 rings (SSSR count). The predicted molar refractivity (Wildman–Crippen MR) is 103 cm³/mol. The van der Waals surface area contributed by atoms with Crippen molar-refractivity contribution in [1.29, 1.82) is 0 Å². The lowest BCUT2D eigenvalue weighted by molar-refractivity contribution is -0.139. The highest BCUT2D eigenvalue weighted by Gasteiger charge is 2.37. The fourth-order valence-corrected chi connectivity index (χ4v) is 4.34. The van der Waals surface area contributed by atoms with E-state index in [0.717, 1.165) is 12.1 Å². The zero-order valence-corrected chi connectivity index (χ0v) is 17.0. The average molecular weight is 441 g/mol. The number of rotatable bonds is 5. The van der Waals surface area contributed by atoms with Gasteiger partial charge >= 0.3 is 6.18 Å². The number of carbonyl (C=O) groups is 1. The van der Waals surface area contributed by atoms with Gasteiger partial charge in [0.15, 0.2) is 5.65 Å². The molecule has 0 aliphatic heterocycles. The van der Waals surface area contributed by atoms with Crippen LogP contribution in [0.5, 0.6) is 0 Å². The van der Waals surface area contributed by atoms with Gasteiger partial charge in [-0.05, 0) is 32.0 Å². The van der Waals surface area contributed by atoms with Crippen LogP contribution < -0.4 is 10.0 Å². The van der Waals surface area contributed by atoms with Crippen LogP contribution in [0.1, 0.15) is 18.2 Å². The van der Waals surface area contributed by atoms with E-state index < -0.39 is 38.6 Å². The standard InChI is InChI=1S/C18H18F3N5O3S/c1-10-13-8-12(9-22-16(13)26(3)24-10)23-17(27)11(2)25-30(28,29)15-7-5-4-6-14(15)18(19,20)21/h4-9,11,25H,1-3H3,(H,23,27)/t11-/m0/s1. The molecular formula is C18H18F3N5O3S. The second-order valence-corrected chi connectivity index (χ2v) is 8.31. The number of aromatic nitrogens is 3. The van der Waals surface area contributed by atoms with Crippen molar-refractivity contribution in [2.75, 3.05) is 5.32 Å². The lowest BCUT2D eigenvalue weighted by Crippen LogP contribution is -2.42. The summed E-state index contributed by atoms with van der Waals surface area (Å²) in [5.41, 5.74) is 0.272. The smallest absolute Gasteiger partial charge is 0.323 e. The Bertz CT molecular complexity index is 1220. The summed E-state index contributed by atoms with van der Waals surface area (Å²) < 4.78 is 67.9. The topological polar surface area (TPSA) is 106 Å². The van der Waals surface area contributed by atoms with Gasteiger partial charge in [0.25, 0.3) is 0 Å². The third kappa shape index (κ3) is 4.28. The summed E-state index contributed by atoms with van der Waals surface area (Å²) >= 11 is 0. The van der Waals surface area contributed by atoms with E-state index in [1.54, 1.807) is 24.7 Å². The summed E-state index contributed by atoms with van der Waals surface area (Å²) in [7, 11) is -2.89. The first-order valence-electron chi connectivity index (χ1n) is 8.69. The number of benzene rings is 1. The summed E-state index contributed by atoms with van der Waals surface area (Å²) in [4.78, 5) is 15.7. The molecule has 0 aliphatic rings. The molecule has 12 heteroatoms. The maximum absolute atomic E-state index is 13.1. The second kappa shape index (κ2) is 7.69. The number of halogens is 3. The minimum Gasteiger partial charge on any atom is -0.323 e. The number of carbonyl (C=O) groups excluding carboxylic acids is 1. The molecule has 0 aliphatic carbocycles. The Balaban J connectivity index is 1.80. The first-order valence-corrected chi connectivity index (χ1v) is 10.2. The van der Waals surface area contributed by atoms with Crippen molar-refractivity contribution in [2.45, 2.75) is 31.0 Å². The maximum atomic E-state index is 13.1. The molecule has 0 spiro atoms. The van der Waals surface area contributed by atoms with Gasteiger partial charge in [0.1, 0.15) is 0 Å². The highest BCUT2D eigenvalue weighted by Crippen LogP contribution is 2.34. The number of anilines is 1. The molecule has 2 aromatic heterocycles. The molecule has 1 aromatic carbocycles. The Kier molecular flexibility index (Phi) is 5.56. The van der Waals surface area contributed by atoms with E-state index in [4.69, 9.17) is 0 Å². The van der Waals surface area contributed by atoms with Crippen LogP contribution in [-0.2, 0) is 28.0 Å². The summed E-state index contributed by atoms with van der Waals surface area (Å²) in [5.74, 6) is -0.759. The van der Waals surface area contributed by atoms with Crippen LogP contribution >= 0.6 is 0 Å². The minimum absolute atomic E-state index is 0.297. The van der Waals surface area contributed by atoms with E-state index >= 15 is 0 Å². The molecule has 30 heavy (non-hydrogen) atoms. The molecule has 0 bridgehead atoms. The van der Waals surface area contributed by atoms with Gasteiger partial charge in [0, 0.05) is 12.4 Å². The maximum Gasteiger partial charge on any atom is 0.417 e. The van der Waals surface area contributed by atoms with E-state index in [2.05, 4.69) is 15.4 Å². The Hall–Kier alpha value is -2.99. The van der Waals surface area contributed by atoms with Crippen molar-refractivity contribution in [1.82, 2.24) is 19.5 Å². The number of fused-ring (bicyclic) bond motifs is 1. The number of aryl methyl sites for hydroxylation is 2. The molecule has 0 saturated carbocycles. The zero-order chi connectivity index (χ0) is 22.3. The quantitative estimate of drug-likeness (QED) is 0.633.